The lowest BCUT2D eigenvalue weighted by Gasteiger charge is -2.15. The van der Waals surface area contributed by atoms with Gasteiger partial charge in [-0.3, -0.25) is 4.79 Å². The quantitative estimate of drug-likeness (QED) is 0.445. The molecule has 1 N–H and O–H groups in total. The van der Waals surface area contributed by atoms with E-state index in [1.165, 1.54) is 10.2 Å². The van der Waals surface area contributed by atoms with Crippen LogP contribution < -0.4 is 5.32 Å². The fraction of sp³-hybridized carbons (Fsp3) is 0.261. The lowest BCUT2D eigenvalue weighted by molar-refractivity contribution is -0.143. The number of esters is 1. The largest absolute Gasteiger partial charge is 0.451 e. The zero-order chi connectivity index (χ0) is 22.2. The number of hydrogen-bond donors (Lipinski definition) is 1. The molecule has 8 heteroatoms. The number of amides is 1. The number of nitrogens with one attached hydrogen (secondary N) is 1. The van der Waals surface area contributed by atoms with Crippen LogP contribution >= 0.6 is 0 Å². The van der Waals surface area contributed by atoms with E-state index in [9.17, 15) is 9.59 Å². The molecule has 8 nitrogen and oxygen atoms in total. The Morgan fingerprint density at radius 3 is 2.45 bits per heavy atom. The van der Waals surface area contributed by atoms with E-state index in [-0.39, 0.29) is 11.7 Å². The highest BCUT2D eigenvalue weighted by molar-refractivity contribution is 6.15. The molecule has 3 aromatic rings. The van der Waals surface area contributed by atoms with Crippen molar-refractivity contribution in [2.24, 2.45) is 0 Å². The lowest BCUT2D eigenvalue weighted by Crippen LogP contribution is -2.31. The van der Waals surface area contributed by atoms with E-state index >= 15 is 0 Å². The number of carbonyl (C=O) groups excluding carboxylic acids is 2. The second kappa shape index (κ2) is 10.3. The average molecular weight is 419 g/mol. The molecule has 2 aromatic carbocycles. The maximum Gasteiger partial charge on any atom is 0.357 e. The summed E-state index contributed by atoms with van der Waals surface area (Å²) in [5, 5.41) is 14.1. The fourth-order valence-corrected chi connectivity index (χ4v) is 2.98. The molecule has 0 spiro atoms. The van der Waals surface area contributed by atoms with Gasteiger partial charge in [0.1, 0.15) is 0 Å². The maximum absolute atomic E-state index is 12.7. The normalized spacial score (nSPS) is 12.3. The molecule has 0 radical (unpaired) electrons. The summed E-state index contributed by atoms with van der Waals surface area (Å²) < 4.78 is 6.54. The highest BCUT2D eigenvalue weighted by Gasteiger charge is 2.19. The average Bonchev–Trinajstić information content (AvgIpc) is 3.22. The van der Waals surface area contributed by atoms with Gasteiger partial charge >= 0.3 is 5.97 Å². The van der Waals surface area contributed by atoms with Gasteiger partial charge in [0.2, 0.25) is 0 Å². The molecule has 0 bridgehead atoms. The van der Waals surface area contributed by atoms with Gasteiger partial charge in [0.05, 0.1) is 6.04 Å². The molecule has 1 amide bonds. The first-order valence-electron chi connectivity index (χ1n) is 10.1. The first kappa shape index (κ1) is 21.9. The van der Waals surface area contributed by atoms with Crippen LogP contribution in [0.4, 0.5) is 0 Å². The smallest absolute Gasteiger partial charge is 0.357 e. The molecule has 31 heavy (non-hydrogen) atoms. The van der Waals surface area contributed by atoms with E-state index in [1.54, 1.807) is 13.0 Å². The van der Waals surface area contributed by atoms with Gasteiger partial charge in [-0.2, -0.15) is 4.68 Å². The number of aryl methyl sites for hydroxylation is 2. The summed E-state index contributed by atoms with van der Waals surface area (Å²) >= 11 is 0. The molecule has 0 aliphatic carbocycles. The molecule has 0 aliphatic rings. The number of carbonyl (C=O) groups is 2. The summed E-state index contributed by atoms with van der Waals surface area (Å²) in [7, 11) is 0. The number of tetrazole rings is 1. The van der Waals surface area contributed by atoms with Gasteiger partial charge < -0.3 is 10.1 Å². The van der Waals surface area contributed by atoms with E-state index in [0.717, 1.165) is 17.5 Å². The van der Waals surface area contributed by atoms with Crippen molar-refractivity contribution >= 4 is 23.6 Å². The van der Waals surface area contributed by atoms with Gasteiger partial charge in [0.15, 0.2) is 18.1 Å². The highest BCUT2D eigenvalue weighted by atomic mass is 16.5. The summed E-state index contributed by atoms with van der Waals surface area (Å²) in [6, 6.07) is 17.1. The minimum absolute atomic E-state index is 0.115. The van der Waals surface area contributed by atoms with Gasteiger partial charge in [-0.15, -0.1) is 5.10 Å². The third kappa shape index (κ3) is 5.85. The number of ether oxygens (including phenoxy) is 1. The molecular formula is C23H25N5O3. The monoisotopic (exact) mass is 419 g/mol. The Morgan fingerprint density at radius 2 is 1.84 bits per heavy atom. The summed E-state index contributed by atoms with van der Waals surface area (Å²) in [5.41, 5.74) is 3.10. The van der Waals surface area contributed by atoms with Crippen LogP contribution in [0.1, 0.15) is 42.4 Å². The van der Waals surface area contributed by atoms with Crippen molar-refractivity contribution in [3.63, 3.8) is 0 Å². The zero-order valence-electron chi connectivity index (χ0n) is 17.8. The minimum atomic E-state index is -0.700. The van der Waals surface area contributed by atoms with E-state index in [0.29, 0.717) is 5.82 Å². The Bertz CT molecular complexity index is 1060. The van der Waals surface area contributed by atoms with Crippen molar-refractivity contribution < 1.29 is 14.3 Å². The van der Waals surface area contributed by atoms with Gasteiger partial charge in [-0.1, -0.05) is 61.5 Å². The predicted octanol–water partition coefficient (Wildman–Crippen LogP) is 2.96. The molecule has 0 fully saturated rings. The third-order valence-corrected chi connectivity index (χ3v) is 4.77. The summed E-state index contributed by atoms with van der Waals surface area (Å²) in [5.74, 6) is -0.671. The van der Waals surface area contributed by atoms with Crippen LogP contribution in [0.5, 0.6) is 0 Å². The molecule has 160 valence electrons. The molecule has 0 unspecified atom stereocenters. The number of nitrogens with zero attached hydrogens (tertiary/aromatic N) is 4. The maximum atomic E-state index is 12.7. The number of benzene rings is 2. The second-order valence-corrected chi connectivity index (χ2v) is 7.04. The molecule has 3 rings (SSSR count). The summed E-state index contributed by atoms with van der Waals surface area (Å²) in [6.07, 6.45) is 2.57. The van der Waals surface area contributed by atoms with E-state index < -0.39 is 18.5 Å². The van der Waals surface area contributed by atoms with Crippen LogP contribution in [0.15, 0.2) is 54.6 Å². The van der Waals surface area contributed by atoms with Crippen LogP contribution in [0.3, 0.4) is 0 Å². The second-order valence-electron chi connectivity index (χ2n) is 7.04. The van der Waals surface area contributed by atoms with Crippen molar-refractivity contribution in [1.82, 2.24) is 25.5 Å². The Labute approximate surface area is 180 Å². The first-order chi connectivity index (χ1) is 15.0. The topological polar surface area (TPSA) is 99.0 Å². The molecule has 1 atom stereocenters. The van der Waals surface area contributed by atoms with Crippen molar-refractivity contribution in [2.45, 2.75) is 33.2 Å². The molecular weight excluding hydrogens is 394 g/mol. The van der Waals surface area contributed by atoms with Gasteiger partial charge in [-0.05, 0) is 53.5 Å². The van der Waals surface area contributed by atoms with Crippen molar-refractivity contribution in [3.05, 3.63) is 77.1 Å². The lowest BCUT2D eigenvalue weighted by atomic mass is 10.1. The summed E-state index contributed by atoms with van der Waals surface area (Å²) in [4.78, 5) is 25.1. The van der Waals surface area contributed by atoms with Crippen molar-refractivity contribution in [2.75, 3.05) is 6.61 Å². The number of rotatable bonds is 8. The molecule has 0 saturated carbocycles. The van der Waals surface area contributed by atoms with E-state index in [2.05, 4.69) is 27.8 Å². The van der Waals surface area contributed by atoms with Crippen molar-refractivity contribution in [3.8, 4) is 0 Å². The van der Waals surface area contributed by atoms with Crippen molar-refractivity contribution in [1.29, 1.82) is 0 Å². The van der Waals surface area contributed by atoms with E-state index in [4.69, 9.17) is 4.74 Å². The standard InChI is InChI=1S/C23H25N5O3/c1-4-18-10-12-20(13-11-18)16(2)24-22(29)15-31-23(30)21(28-17(3)25-26-27-28)14-19-8-6-5-7-9-19/h5-14,16H,4,15H2,1-3H3,(H,24,29)/b21-14-/t16-/m0/s1. The third-order valence-electron chi connectivity index (χ3n) is 4.77. The Hall–Kier alpha value is -3.81. The van der Waals surface area contributed by atoms with Crippen LogP contribution in [-0.2, 0) is 20.7 Å². The van der Waals surface area contributed by atoms with Crippen LogP contribution in [0, 0.1) is 6.92 Å². The van der Waals surface area contributed by atoms with Gasteiger partial charge in [0.25, 0.3) is 5.91 Å². The Kier molecular flexibility index (Phi) is 7.26. The molecule has 0 aliphatic heterocycles. The number of hydrogen-bond acceptors (Lipinski definition) is 6. The van der Waals surface area contributed by atoms with Gasteiger partial charge in [0, 0.05) is 0 Å². The predicted molar refractivity (Wildman–Crippen MR) is 116 cm³/mol. The highest BCUT2D eigenvalue weighted by Crippen LogP contribution is 2.15. The number of aromatic nitrogens is 4. The minimum Gasteiger partial charge on any atom is -0.451 e. The van der Waals surface area contributed by atoms with Gasteiger partial charge in [-0.25, -0.2) is 4.79 Å². The molecule has 1 heterocycles. The SMILES string of the molecule is CCc1ccc([C@H](C)NC(=O)COC(=O)/C(=C/c2ccccc2)n2nnnc2C)cc1. The van der Waals surface area contributed by atoms with E-state index in [1.807, 2.05) is 61.5 Å². The van der Waals surface area contributed by atoms with Crippen LogP contribution in [0.2, 0.25) is 0 Å². The van der Waals surface area contributed by atoms with Crippen LogP contribution in [-0.4, -0.2) is 38.7 Å². The zero-order valence-corrected chi connectivity index (χ0v) is 17.8. The molecule has 0 saturated heterocycles. The summed E-state index contributed by atoms with van der Waals surface area (Å²) in [6.45, 7) is 5.23. The Morgan fingerprint density at radius 1 is 1.13 bits per heavy atom. The fourth-order valence-electron chi connectivity index (χ4n) is 2.98. The molecule has 1 aromatic heterocycles. The Balaban J connectivity index is 1.65. The first-order valence-corrected chi connectivity index (χ1v) is 10.1. The van der Waals surface area contributed by atoms with Crippen LogP contribution in [0.25, 0.3) is 11.8 Å².